The Balaban J connectivity index is 1.05. The number of benzene rings is 4. The number of aliphatic hydroxyl groups is 1. The number of methoxy groups -OCH3 is 1. The average molecular weight is 584 g/mol. The van der Waals surface area contributed by atoms with Gasteiger partial charge in [-0.05, 0) is 60.4 Å². The lowest BCUT2D eigenvalue weighted by atomic mass is 9.76. The van der Waals surface area contributed by atoms with E-state index in [4.69, 9.17) is 28.8 Å². The molecule has 7 nitrogen and oxygen atoms in total. The van der Waals surface area contributed by atoms with Gasteiger partial charge in [0.25, 0.3) is 0 Å². The van der Waals surface area contributed by atoms with E-state index in [0.29, 0.717) is 39.6 Å². The molecule has 1 heterocycles. The van der Waals surface area contributed by atoms with E-state index in [1.54, 1.807) is 7.11 Å². The number of para-hydroxylation sites is 2. The molecule has 0 aliphatic carbocycles. The maximum atomic E-state index is 8.93. The van der Waals surface area contributed by atoms with Gasteiger partial charge in [0.05, 0.1) is 26.4 Å². The minimum absolute atomic E-state index is 0.209. The molecular formula is C36H41NO6. The Morgan fingerprint density at radius 1 is 0.628 bits per heavy atom. The molecule has 5 rings (SSSR count). The number of ether oxygens (including phenoxy) is 5. The van der Waals surface area contributed by atoms with Gasteiger partial charge in [0, 0.05) is 43.3 Å². The van der Waals surface area contributed by atoms with E-state index in [-0.39, 0.29) is 6.61 Å². The molecule has 43 heavy (non-hydrogen) atoms. The van der Waals surface area contributed by atoms with Gasteiger partial charge in [-0.1, -0.05) is 60.7 Å². The summed E-state index contributed by atoms with van der Waals surface area (Å²) in [4.78, 5) is 2.22. The number of fused-ring (bicyclic) bond motifs is 2. The summed E-state index contributed by atoms with van der Waals surface area (Å²) >= 11 is 0. The highest BCUT2D eigenvalue weighted by atomic mass is 16.6. The van der Waals surface area contributed by atoms with Gasteiger partial charge < -0.3 is 33.7 Å². The number of hydrogen-bond donors (Lipinski definition) is 1. The zero-order valence-corrected chi connectivity index (χ0v) is 25.0. The molecule has 0 bridgehead atoms. The van der Waals surface area contributed by atoms with E-state index in [2.05, 4.69) is 72.6 Å². The second kappa shape index (κ2) is 15.0. The van der Waals surface area contributed by atoms with Gasteiger partial charge in [-0.2, -0.15) is 0 Å². The molecule has 0 atom stereocenters. The average Bonchev–Trinajstić information content (AvgIpc) is 3.06. The van der Waals surface area contributed by atoms with E-state index in [1.165, 1.54) is 5.56 Å². The minimum Gasteiger partial charge on any atom is -0.491 e. The van der Waals surface area contributed by atoms with Crippen LogP contribution in [-0.2, 0) is 26.2 Å². The Morgan fingerprint density at radius 3 is 1.63 bits per heavy atom. The summed E-state index contributed by atoms with van der Waals surface area (Å²) in [5.74, 6) is 1.60. The van der Waals surface area contributed by atoms with Gasteiger partial charge in [-0.25, -0.2) is 0 Å². The van der Waals surface area contributed by atoms with Crippen LogP contribution in [0.3, 0.4) is 0 Å². The molecule has 0 fully saturated rings. The van der Waals surface area contributed by atoms with Crippen molar-refractivity contribution in [2.45, 2.75) is 18.4 Å². The van der Waals surface area contributed by atoms with Crippen LogP contribution in [0.2, 0.25) is 0 Å². The lowest BCUT2D eigenvalue weighted by Gasteiger charge is -2.43. The molecule has 7 heteroatoms. The summed E-state index contributed by atoms with van der Waals surface area (Å²) in [6.45, 7) is 3.09. The summed E-state index contributed by atoms with van der Waals surface area (Å²) in [5, 5.41) is 8.93. The normalized spacial score (nSPS) is 13.3. The molecule has 0 spiro atoms. The Bertz CT molecular complexity index is 1380. The SMILES string of the molecule is COC1(c2ccc(OCCOCCOCCOc3ccc(CCCO)cc3)cc2)c2ccccc2N(C)c2ccccc21. The molecular weight excluding hydrogens is 542 g/mol. The zero-order valence-electron chi connectivity index (χ0n) is 25.0. The first-order valence-corrected chi connectivity index (χ1v) is 14.9. The van der Waals surface area contributed by atoms with Crippen molar-refractivity contribution in [3.05, 3.63) is 119 Å². The van der Waals surface area contributed by atoms with Crippen molar-refractivity contribution < 1.29 is 28.8 Å². The summed E-state index contributed by atoms with van der Waals surface area (Å²) < 4.78 is 29.3. The first-order valence-electron chi connectivity index (χ1n) is 14.9. The molecule has 4 aromatic rings. The summed E-state index contributed by atoms with van der Waals surface area (Å²) in [7, 11) is 3.87. The molecule has 1 aliphatic heterocycles. The number of anilines is 2. The predicted octanol–water partition coefficient (Wildman–Crippen LogP) is 6.12. The van der Waals surface area contributed by atoms with Crippen molar-refractivity contribution in [3.8, 4) is 11.5 Å². The van der Waals surface area contributed by atoms with Crippen LogP contribution in [0.25, 0.3) is 0 Å². The van der Waals surface area contributed by atoms with E-state index in [9.17, 15) is 0 Å². The highest BCUT2D eigenvalue weighted by molar-refractivity contribution is 5.79. The van der Waals surface area contributed by atoms with Crippen molar-refractivity contribution in [1.29, 1.82) is 0 Å². The maximum absolute atomic E-state index is 8.93. The van der Waals surface area contributed by atoms with Crippen LogP contribution < -0.4 is 14.4 Å². The second-order valence-electron chi connectivity index (χ2n) is 10.4. The number of aliphatic hydroxyl groups excluding tert-OH is 1. The molecule has 4 aromatic carbocycles. The third-order valence-electron chi connectivity index (χ3n) is 7.77. The van der Waals surface area contributed by atoms with Crippen molar-refractivity contribution in [2.24, 2.45) is 0 Å². The van der Waals surface area contributed by atoms with E-state index in [0.717, 1.165) is 52.4 Å². The van der Waals surface area contributed by atoms with E-state index < -0.39 is 5.60 Å². The van der Waals surface area contributed by atoms with Crippen molar-refractivity contribution in [1.82, 2.24) is 0 Å². The molecule has 1 aliphatic rings. The quantitative estimate of drug-likeness (QED) is 0.159. The Kier molecular flexibility index (Phi) is 10.7. The summed E-state index contributed by atoms with van der Waals surface area (Å²) in [6.07, 6.45) is 1.64. The van der Waals surface area contributed by atoms with Gasteiger partial charge >= 0.3 is 0 Å². The third kappa shape index (κ3) is 7.03. The highest BCUT2D eigenvalue weighted by Gasteiger charge is 2.44. The smallest absolute Gasteiger partial charge is 0.147 e. The molecule has 0 aromatic heterocycles. The van der Waals surface area contributed by atoms with E-state index >= 15 is 0 Å². The Morgan fingerprint density at radius 2 is 1.12 bits per heavy atom. The van der Waals surface area contributed by atoms with Crippen LogP contribution >= 0.6 is 0 Å². The number of aryl methyl sites for hydroxylation is 1. The summed E-state index contributed by atoms with van der Waals surface area (Å²) in [5.41, 5.74) is 5.98. The fraction of sp³-hybridized carbons (Fsp3) is 0.333. The van der Waals surface area contributed by atoms with Crippen LogP contribution in [-0.4, -0.2) is 65.5 Å². The standard InChI is InChI=1S/C36H41NO6/c1-37-34-11-5-3-9-32(34)36(39-2,33-10-4-6-12-35(33)37)29-15-19-31(20-16-29)43-27-25-41-23-22-40-24-26-42-30-17-13-28(14-18-30)8-7-21-38/h3-6,9-20,38H,7-8,21-27H2,1-2H3. The molecule has 0 radical (unpaired) electrons. The molecule has 226 valence electrons. The fourth-order valence-corrected chi connectivity index (χ4v) is 5.63. The monoisotopic (exact) mass is 583 g/mol. The Hall–Kier alpha value is -3.88. The molecule has 0 unspecified atom stereocenters. The predicted molar refractivity (Wildman–Crippen MR) is 169 cm³/mol. The number of rotatable bonds is 16. The second-order valence-corrected chi connectivity index (χ2v) is 10.4. The van der Waals surface area contributed by atoms with Crippen LogP contribution in [0.15, 0.2) is 97.1 Å². The Labute approximate surface area is 254 Å². The fourth-order valence-electron chi connectivity index (χ4n) is 5.63. The molecule has 0 saturated heterocycles. The van der Waals surface area contributed by atoms with Gasteiger partial charge in [0.2, 0.25) is 0 Å². The van der Waals surface area contributed by atoms with Gasteiger partial charge in [0.15, 0.2) is 0 Å². The van der Waals surface area contributed by atoms with Crippen LogP contribution in [0, 0.1) is 0 Å². The molecule has 0 amide bonds. The van der Waals surface area contributed by atoms with Gasteiger partial charge in [-0.15, -0.1) is 0 Å². The van der Waals surface area contributed by atoms with Crippen LogP contribution in [0.4, 0.5) is 11.4 Å². The lowest BCUT2D eigenvalue weighted by molar-refractivity contribution is 0.0273. The van der Waals surface area contributed by atoms with Crippen molar-refractivity contribution in [2.75, 3.05) is 65.3 Å². The van der Waals surface area contributed by atoms with E-state index in [1.807, 2.05) is 36.4 Å². The largest absolute Gasteiger partial charge is 0.491 e. The zero-order chi connectivity index (χ0) is 29.9. The van der Waals surface area contributed by atoms with Crippen molar-refractivity contribution in [3.63, 3.8) is 0 Å². The lowest BCUT2D eigenvalue weighted by Crippen LogP contribution is -2.38. The van der Waals surface area contributed by atoms with Crippen LogP contribution in [0.5, 0.6) is 11.5 Å². The molecule has 0 saturated carbocycles. The minimum atomic E-state index is -0.725. The third-order valence-corrected chi connectivity index (χ3v) is 7.77. The van der Waals surface area contributed by atoms with Gasteiger partial charge in [-0.3, -0.25) is 0 Å². The summed E-state index contributed by atoms with van der Waals surface area (Å²) in [6, 6.07) is 32.9. The van der Waals surface area contributed by atoms with Gasteiger partial charge in [0.1, 0.15) is 30.3 Å². The first kappa shape index (κ1) is 30.6. The topological polar surface area (TPSA) is 69.6 Å². The number of hydrogen-bond acceptors (Lipinski definition) is 7. The van der Waals surface area contributed by atoms with Crippen LogP contribution in [0.1, 0.15) is 28.7 Å². The number of nitrogens with zero attached hydrogens (tertiary/aromatic N) is 1. The highest BCUT2D eigenvalue weighted by Crippen LogP contribution is 2.52. The van der Waals surface area contributed by atoms with Crippen molar-refractivity contribution >= 4 is 11.4 Å². The first-order chi connectivity index (χ1) is 21.2. The maximum Gasteiger partial charge on any atom is 0.147 e. The molecule has 1 N–H and O–H groups in total.